The number of anilines is 1. The van der Waals surface area contributed by atoms with E-state index < -0.39 is 29.6 Å². The quantitative estimate of drug-likeness (QED) is 0.805. The monoisotopic (exact) mass is 346 g/mol. The molecule has 1 aromatic rings. The molecule has 2 amide bonds. The van der Waals surface area contributed by atoms with Crippen LogP contribution in [0.5, 0.6) is 11.5 Å². The van der Waals surface area contributed by atoms with Crippen molar-refractivity contribution in [3.8, 4) is 11.5 Å². The topological polar surface area (TPSA) is 108 Å². The zero-order valence-electron chi connectivity index (χ0n) is 14.3. The van der Waals surface area contributed by atoms with Crippen molar-refractivity contribution in [2.75, 3.05) is 19.5 Å². The third-order valence-electron chi connectivity index (χ3n) is 5.15. The zero-order valence-corrected chi connectivity index (χ0v) is 14.3. The number of ether oxygens (including phenoxy) is 2. The number of primary amides is 1. The van der Waals surface area contributed by atoms with E-state index in [-0.39, 0.29) is 5.78 Å². The van der Waals surface area contributed by atoms with Crippen LogP contribution in [0.4, 0.5) is 5.69 Å². The van der Waals surface area contributed by atoms with E-state index in [1.54, 1.807) is 12.1 Å². The lowest BCUT2D eigenvalue weighted by atomic mass is 9.67. The standard InChI is InChI=1S/C18H22N2O5/c1-24-9-7-11-15(13(8-9)25-2)14(10-5-3-4-6-12(10)21)16(17(19)22)18(23)20-11/h7-8,10,14,16H,3-6H2,1-2H3,(H2,19,22)(H,20,23). The van der Waals surface area contributed by atoms with Crippen LogP contribution in [-0.4, -0.2) is 31.8 Å². The highest BCUT2D eigenvalue weighted by Crippen LogP contribution is 2.49. The second kappa shape index (κ2) is 6.74. The number of carbonyl (C=O) groups excluding carboxylic acids is 3. The molecule has 1 fully saturated rings. The summed E-state index contributed by atoms with van der Waals surface area (Å²) in [6, 6.07) is 3.36. The Balaban J connectivity index is 2.19. The summed E-state index contributed by atoms with van der Waals surface area (Å²) >= 11 is 0. The predicted molar refractivity (Wildman–Crippen MR) is 90.6 cm³/mol. The van der Waals surface area contributed by atoms with Gasteiger partial charge in [0.05, 0.1) is 19.9 Å². The fraction of sp³-hybridized carbons (Fsp3) is 0.500. The fourth-order valence-electron chi connectivity index (χ4n) is 4.00. The minimum absolute atomic E-state index is 0.0704. The number of methoxy groups -OCH3 is 2. The van der Waals surface area contributed by atoms with E-state index in [9.17, 15) is 14.4 Å². The molecule has 0 saturated heterocycles. The predicted octanol–water partition coefficient (Wildman–Crippen LogP) is 1.60. The van der Waals surface area contributed by atoms with Gasteiger partial charge in [0.25, 0.3) is 0 Å². The van der Waals surface area contributed by atoms with Gasteiger partial charge in [0.2, 0.25) is 11.8 Å². The van der Waals surface area contributed by atoms with Gasteiger partial charge in [0.15, 0.2) is 0 Å². The Morgan fingerprint density at radius 3 is 2.56 bits per heavy atom. The van der Waals surface area contributed by atoms with Crippen LogP contribution in [0.1, 0.15) is 37.2 Å². The molecule has 134 valence electrons. The van der Waals surface area contributed by atoms with Gasteiger partial charge in [-0.2, -0.15) is 0 Å². The lowest BCUT2D eigenvalue weighted by Gasteiger charge is -2.38. The van der Waals surface area contributed by atoms with Crippen LogP contribution >= 0.6 is 0 Å². The molecule has 3 unspecified atom stereocenters. The van der Waals surface area contributed by atoms with E-state index in [0.29, 0.717) is 35.6 Å². The number of amides is 2. The van der Waals surface area contributed by atoms with Crippen molar-refractivity contribution >= 4 is 23.3 Å². The van der Waals surface area contributed by atoms with Crippen LogP contribution in [-0.2, 0) is 14.4 Å². The maximum Gasteiger partial charge on any atom is 0.237 e. The maximum absolute atomic E-state index is 12.6. The molecular weight excluding hydrogens is 324 g/mol. The summed E-state index contributed by atoms with van der Waals surface area (Å²) in [4.78, 5) is 37.1. The van der Waals surface area contributed by atoms with E-state index in [1.807, 2.05) is 0 Å². The van der Waals surface area contributed by atoms with Crippen molar-refractivity contribution in [3.05, 3.63) is 17.7 Å². The minimum atomic E-state index is -1.10. The second-order valence-electron chi connectivity index (χ2n) is 6.50. The molecule has 0 spiro atoms. The molecular formula is C18H22N2O5. The summed E-state index contributed by atoms with van der Waals surface area (Å²) in [5.74, 6) is -2.29. The number of benzene rings is 1. The van der Waals surface area contributed by atoms with Gasteiger partial charge in [0, 0.05) is 36.0 Å². The average molecular weight is 346 g/mol. The van der Waals surface area contributed by atoms with Crippen molar-refractivity contribution in [2.45, 2.75) is 31.6 Å². The molecule has 0 bridgehead atoms. The first-order valence-corrected chi connectivity index (χ1v) is 8.36. The van der Waals surface area contributed by atoms with Gasteiger partial charge in [-0.1, -0.05) is 6.42 Å². The number of rotatable bonds is 4. The molecule has 1 heterocycles. The molecule has 7 heteroatoms. The zero-order chi connectivity index (χ0) is 18.1. The third-order valence-corrected chi connectivity index (χ3v) is 5.15. The summed E-state index contributed by atoms with van der Waals surface area (Å²) in [6.07, 6.45) is 2.81. The van der Waals surface area contributed by atoms with Crippen molar-refractivity contribution < 1.29 is 23.9 Å². The first kappa shape index (κ1) is 17.3. The maximum atomic E-state index is 12.6. The van der Waals surface area contributed by atoms with Gasteiger partial charge in [-0.05, 0) is 12.8 Å². The molecule has 1 aliphatic heterocycles. The number of hydrogen-bond acceptors (Lipinski definition) is 5. The van der Waals surface area contributed by atoms with Crippen molar-refractivity contribution in [3.63, 3.8) is 0 Å². The van der Waals surface area contributed by atoms with Gasteiger partial charge >= 0.3 is 0 Å². The molecule has 1 saturated carbocycles. The summed E-state index contributed by atoms with van der Waals surface area (Å²) in [5.41, 5.74) is 6.68. The van der Waals surface area contributed by atoms with Gasteiger partial charge < -0.3 is 20.5 Å². The van der Waals surface area contributed by atoms with Gasteiger partial charge in [0.1, 0.15) is 23.2 Å². The Morgan fingerprint density at radius 2 is 1.96 bits per heavy atom. The molecule has 3 atom stereocenters. The van der Waals surface area contributed by atoms with E-state index in [2.05, 4.69) is 5.32 Å². The molecule has 3 N–H and O–H groups in total. The van der Waals surface area contributed by atoms with Gasteiger partial charge in [-0.15, -0.1) is 0 Å². The summed E-state index contributed by atoms with van der Waals surface area (Å²) in [7, 11) is 3.02. The number of fused-ring (bicyclic) bond motifs is 1. The first-order chi connectivity index (χ1) is 12.0. The second-order valence-corrected chi connectivity index (χ2v) is 6.50. The molecule has 1 aliphatic carbocycles. The fourth-order valence-corrected chi connectivity index (χ4v) is 4.00. The number of Topliss-reactive ketones (excluding diaryl/α,β-unsaturated/α-hetero) is 1. The first-order valence-electron chi connectivity index (χ1n) is 8.36. The molecule has 0 aromatic heterocycles. The summed E-state index contributed by atoms with van der Waals surface area (Å²) in [5, 5.41) is 2.71. The minimum Gasteiger partial charge on any atom is -0.497 e. The lowest BCUT2D eigenvalue weighted by Crippen LogP contribution is -2.46. The third kappa shape index (κ3) is 2.94. The molecule has 1 aromatic carbocycles. The normalized spacial score (nSPS) is 25.8. The molecule has 25 heavy (non-hydrogen) atoms. The van der Waals surface area contributed by atoms with E-state index in [1.165, 1.54) is 14.2 Å². The smallest absolute Gasteiger partial charge is 0.237 e. The van der Waals surface area contributed by atoms with Crippen LogP contribution in [0.2, 0.25) is 0 Å². The SMILES string of the molecule is COc1cc2c(c(OC)c1)C(C1CCCCC1=O)C(C(N)=O)C(=O)N2. The van der Waals surface area contributed by atoms with Crippen LogP contribution in [0.15, 0.2) is 12.1 Å². The number of nitrogens with two attached hydrogens (primary N) is 1. The Labute approximate surface area is 145 Å². The van der Waals surface area contributed by atoms with Crippen LogP contribution in [0.3, 0.4) is 0 Å². The molecule has 3 rings (SSSR count). The Kier molecular flexibility index (Phi) is 4.65. The van der Waals surface area contributed by atoms with Crippen molar-refractivity contribution in [1.29, 1.82) is 0 Å². The molecule has 2 aliphatic rings. The summed E-state index contributed by atoms with van der Waals surface area (Å²) < 4.78 is 10.7. The van der Waals surface area contributed by atoms with Crippen LogP contribution in [0, 0.1) is 11.8 Å². The van der Waals surface area contributed by atoms with Crippen molar-refractivity contribution in [1.82, 2.24) is 0 Å². The Bertz CT molecular complexity index is 730. The highest BCUT2D eigenvalue weighted by Gasteiger charge is 2.47. The Hall–Kier alpha value is -2.57. The van der Waals surface area contributed by atoms with E-state index in [0.717, 1.165) is 12.8 Å². The van der Waals surface area contributed by atoms with E-state index >= 15 is 0 Å². The highest BCUT2D eigenvalue weighted by molar-refractivity contribution is 6.10. The average Bonchev–Trinajstić information content (AvgIpc) is 2.59. The van der Waals surface area contributed by atoms with Crippen LogP contribution in [0.25, 0.3) is 0 Å². The highest BCUT2D eigenvalue weighted by atomic mass is 16.5. The molecule has 7 nitrogen and oxygen atoms in total. The van der Waals surface area contributed by atoms with Gasteiger partial charge in [-0.25, -0.2) is 0 Å². The Morgan fingerprint density at radius 1 is 1.20 bits per heavy atom. The van der Waals surface area contributed by atoms with Crippen molar-refractivity contribution in [2.24, 2.45) is 17.6 Å². The van der Waals surface area contributed by atoms with E-state index in [4.69, 9.17) is 15.2 Å². The summed E-state index contributed by atoms with van der Waals surface area (Å²) in [6.45, 7) is 0. The number of carbonyl (C=O) groups is 3. The van der Waals surface area contributed by atoms with Crippen LogP contribution < -0.4 is 20.5 Å². The number of ketones is 1. The molecule has 0 radical (unpaired) electrons. The number of nitrogens with one attached hydrogen (secondary N) is 1. The number of hydrogen-bond donors (Lipinski definition) is 2. The largest absolute Gasteiger partial charge is 0.497 e. The lowest BCUT2D eigenvalue weighted by molar-refractivity contribution is -0.134. The van der Waals surface area contributed by atoms with Gasteiger partial charge in [-0.3, -0.25) is 14.4 Å².